The van der Waals surface area contributed by atoms with Crippen molar-refractivity contribution in [1.29, 1.82) is 0 Å². The SMILES string of the molecule is C(=CN1CCCCC1)C=C1c2ccccc2-c2ccccc21. The van der Waals surface area contributed by atoms with E-state index < -0.39 is 0 Å². The summed E-state index contributed by atoms with van der Waals surface area (Å²) in [5, 5.41) is 0. The largest absolute Gasteiger partial charge is 0.377 e. The fraction of sp³-hybridized carbons (Fsp3) is 0.238. The van der Waals surface area contributed by atoms with Crippen LogP contribution in [0.1, 0.15) is 30.4 Å². The summed E-state index contributed by atoms with van der Waals surface area (Å²) in [7, 11) is 0. The number of likely N-dealkylation sites (tertiary alicyclic amines) is 1. The van der Waals surface area contributed by atoms with Crippen LogP contribution in [0, 0.1) is 0 Å². The van der Waals surface area contributed by atoms with Crippen LogP contribution >= 0.6 is 0 Å². The van der Waals surface area contributed by atoms with Gasteiger partial charge < -0.3 is 4.90 Å². The Morgan fingerprint density at radius 1 is 0.682 bits per heavy atom. The van der Waals surface area contributed by atoms with E-state index >= 15 is 0 Å². The Hall–Kier alpha value is -2.28. The Kier molecular flexibility index (Phi) is 3.56. The lowest BCUT2D eigenvalue weighted by atomic mass is 10.0. The fourth-order valence-electron chi connectivity index (χ4n) is 3.56. The van der Waals surface area contributed by atoms with Crippen LogP contribution < -0.4 is 0 Å². The van der Waals surface area contributed by atoms with Crippen molar-refractivity contribution in [2.75, 3.05) is 13.1 Å². The van der Waals surface area contributed by atoms with Gasteiger partial charge in [-0.2, -0.15) is 0 Å². The molecule has 1 heterocycles. The molecule has 1 nitrogen and oxygen atoms in total. The molecule has 4 rings (SSSR count). The van der Waals surface area contributed by atoms with E-state index in [-0.39, 0.29) is 0 Å². The van der Waals surface area contributed by atoms with Crippen molar-refractivity contribution in [3.63, 3.8) is 0 Å². The molecule has 110 valence electrons. The Morgan fingerprint density at radius 2 is 1.23 bits per heavy atom. The summed E-state index contributed by atoms with van der Waals surface area (Å²) in [6, 6.07) is 17.4. The van der Waals surface area contributed by atoms with Gasteiger partial charge in [-0.25, -0.2) is 0 Å². The second-order valence-electron chi connectivity index (χ2n) is 6.11. The highest BCUT2D eigenvalue weighted by Crippen LogP contribution is 2.43. The Labute approximate surface area is 132 Å². The Balaban J connectivity index is 1.69. The molecule has 0 unspecified atom stereocenters. The number of allylic oxidation sites excluding steroid dienone is 2. The molecule has 1 aliphatic heterocycles. The molecule has 2 aliphatic rings. The van der Waals surface area contributed by atoms with Crippen LogP contribution in [-0.4, -0.2) is 18.0 Å². The van der Waals surface area contributed by atoms with E-state index in [4.69, 9.17) is 0 Å². The van der Waals surface area contributed by atoms with E-state index in [1.165, 1.54) is 60.2 Å². The van der Waals surface area contributed by atoms with E-state index in [1.54, 1.807) is 0 Å². The van der Waals surface area contributed by atoms with Gasteiger partial charge in [0.25, 0.3) is 0 Å². The van der Waals surface area contributed by atoms with Gasteiger partial charge in [0.15, 0.2) is 0 Å². The smallest absolute Gasteiger partial charge is 0.0172 e. The predicted octanol–water partition coefficient (Wildman–Crippen LogP) is 5.10. The predicted molar refractivity (Wildman–Crippen MR) is 93.5 cm³/mol. The van der Waals surface area contributed by atoms with Crippen LogP contribution in [0.3, 0.4) is 0 Å². The minimum Gasteiger partial charge on any atom is -0.377 e. The molecule has 0 aromatic heterocycles. The van der Waals surface area contributed by atoms with E-state index in [0.717, 1.165) is 0 Å². The normalized spacial score (nSPS) is 16.7. The lowest BCUT2D eigenvalue weighted by Crippen LogP contribution is -2.23. The van der Waals surface area contributed by atoms with Crippen LogP contribution in [0.25, 0.3) is 16.7 Å². The van der Waals surface area contributed by atoms with Gasteiger partial charge in [0.1, 0.15) is 0 Å². The number of hydrogen-bond acceptors (Lipinski definition) is 1. The highest BCUT2D eigenvalue weighted by molar-refractivity contribution is 6.01. The Bertz CT molecular complexity index is 686. The standard InChI is InChI=1S/C21H21N/c1-6-14-22(15-7-1)16-8-13-21-19-11-4-2-9-17(19)18-10-3-5-12-20(18)21/h2-5,8-13,16H,1,6-7,14-15H2. The van der Waals surface area contributed by atoms with Crippen molar-refractivity contribution in [2.24, 2.45) is 0 Å². The van der Waals surface area contributed by atoms with Crippen LogP contribution in [0.4, 0.5) is 0 Å². The van der Waals surface area contributed by atoms with Gasteiger partial charge in [0.2, 0.25) is 0 Å². The van der Waals surface area contributed by atoms with Crippen molar-refractivity contribution >= 4 is 5.57 Å². The molecule has 1 saturated heterocycles. The molecule has 2 aromatic rings. The lowest BCUT2D eigenvalue weighted by molar-refractivity contribution is 0.309. The van der Waals surface area contributed by atoms with Crippen molar-refractivity contribution in [2.45, 2.75) is 19.3 Å². The van der Waals surface area contributed by atoms with Crippen molar-refractivity contribution < 1.29 is 0 Å². The van der Waals surface area contributed by atoms with E-state index in [1.807, 2.05) is 0 Å². The topological polar surface area (TPSA) is 3.24 Å². The molecule has 0 spiro atoms. The second-order valence-corrected chi connectivity index (χ2v) is 6.11. The molecule has 0 amide bonds. The zero-order chi connectivity index (χ0) is 14.8. The van der Waals surface area contributed by atoms with E-state index in [0.29, 0.717) is 0 Å². The van der Waals surface area contributed by atoms with E-state index in [9.17, 15) is 0 Å². The van der Waals surface area contributed by atoms with Crippen molar-refractivity contribution in [3.05, 3.63) is 78.0 Å². The highest BCUT2D eigenvalue weighted by Gasteiger charge is 2.21. The third-order valence-electron chi connectivity index (χ3n) is 4.68. The first kappa shape index (κ1) is 13.4. The second kappa shape index (κ2) is 5.84. The molecule has 2 aromatic carbocycles. The molecule has 1 heteroatoms. The molecule has 0 radical (unpaired) electrons. The Morgan fingerprint density at radius 3 is 1.82 bits per heavy atom. The van der Waals surface area contributed by atoms with Gasteiger partial charge in [0.05, 0.1) is 0 Å². The van der Waals surface area contributed by atoms with Crippen LogP contribution in [0.2, 0.25) is 0 Å². The number of nitrogens with zero attached hydrogens (tertiary/aromatic N) is 1. The molecule has 0 N–H and O–H groups in total. The van der Waals surface area contributed by atoms with Gasteiger partial charge >= 0.3 is 0 Å². The monoisotopic (exact) mass is 287 g/mol. The number of rotatable bonds is 2. The zero-order valence-electron chi connectivity index (χ0n) is 12.8. The average molecular weight is 287 g/mol. The maximum Gasteiger partial charge on any atom is 0.0172 e. The van der Waals surface area contributed by atoms with E-state index in [2.05, 4.69) is 71.8 Å². The summed E-state index contributed by atoms with van der Waals surface area (Å²) >= 11 is 0. The van der Waals surface area contributed by atoms with Gasteiger partial charge in [0, 0.05) is 13.1 Å². The van der Waals surface area contributed by atoms with Gasteiger partial charge in [-0.15, -0.1) is 0 Å². The molecule has 0 bridgehead atoms. The van der Waals surface area contributed by atoms with Crippen LogP contribution in [0.15, 0.2) is 66.9 Å². The summed E-state index contributed by atoms with van der Waals surface area (Å²) in [6.07, 6.45) is 10.8. The minimum absolute atomic E-state index is 1.20. The van der Waals surface area contributed by atoms with Crippen molar-refractivity contribution in [1.82, 2.24) is 4.90 Å². The summed E-state index contributed by atoms with van der Waals surface area (Å²) in [5.74, 6) is 0. The van der Waals surface area contributed by atoms with Crippen LogP contribution in [-0.2, 0) is 0 Å². The first-order chi connectivity index (χ1) is 10.9. The molecule has 1 fully saturated rings. The molecule has 22 heavy (non-hydrogen) atoms. The lowest BCUT2D eigenvalue weighted by Gasteiger charge is -2.24. The summed E-state index contributed by atoms with van der Waals surface area (Å²) in [5.41, 5.74) is 6.77. The van der Waals surface area contributed by atoms with Crippen LogP contribution in [0.5, 0.6) is 0 Å². The number of benzene rings is 2. The number of hydrogen-bond donors (Lipinski definition) is 0. The fourth-order valence-corrected chi connectivity index (χ4v) is 3.56. The van der Waals surface area contributed by atoms with Gasteiger partial charge in [-0.05, 0) is 59.4 Å². The third-order valence-corrected chi connectivity index (χ3v) is 4.68. The first-order valence-corrected chi connectivity index (χ1v) is 8.25. The van der Waals surface area contributed by atoms with Gasteiger partial charge in [-0.1, -0.05) is 54.6 Å². The zero-order valence-corrected chi connectivity index (χ0v) is 12.8. The van der Waals surface area contributed by atoms with Crippen molar-refractivity contribution in [3.8, 4) is 11.1 Å². The quantitative estimate of drug-likeness (QED) is 0.634. The third kappa shape index (κ3) is 2.37. The molecule has 0 saturated carbocycles. The summed E-state index contributed by atoms with van der Waals surface area (Å²) < 4.78 is 0. The number of piperidine rings is 1. The highest BCUT2D eigenvalue weighted by atomic mass is 15.1. The first-order valence-electron chi connectivity index (χ1n) is 8.25. The summed E-state index contributed by atoms with van der Waals surface area (Å²) in [4.78, 5) is 2.44. The molecular formula is C21H21N. The maximum atomic E-state index is 2.44. The molecule has 1 aliphatic carbocycles. The average Bonchev–Trinajstić information content (AvgIpc) is 2.91. The minimum atomic E-state index is 1.20. The number of fused-ring (bicyclic) bond motifs is 3. The molecule has 0 atom stereocenters. The molecular weight excluding hydrogens is 266 g/mol. The summed E-state index contributed by atoms with van der Waals surface area (Å²) in [6.45, 7) is 2.40. The maximum absolute atomic E-state index is 2.44. The van der Waals surface area contributed by atoms with Gasteiger partial charge in [-0.3, -0.25) is 0 Å².